The summed E-state index contributed by atoms with van der Waals surface area (Å²) in [5, 5.41) is 0.182. The van der Waals surface area contributed by atoms with Gasteiger partial charge >= 0.3 is 0 Å². The van der Waals surface area contributed by atoms with Crippen LogP contribution in [0.15, 0.2) is 6.20 Å². The highest BCUT2D eigenvalue weighted by Gasteiger charge is 2.14. The van der Waals surface area contributed by atoms with Crippen LogP contribution in [0, 0.1) is 0 Å². The van der Waals surface area contributed by atoms with Crippen LogP contribution in [-0.2, 0) is 0 Å². The van der Waals surface area contributed by atoms with Crippen LogP contribution in [0.4, 0.5) is 5.82 Å². The van der Waals surface area contributed by atoms with Crippen molar-refractivity contribution in [2.45, 2.75) is 0 Å². The molecule has 70 valence electrons. The first kappa shape index (κ1) is 9.91. The maximum atomic E-state index is 11.2. The highest BCUT2D eigenvalue weighted by molar-refractivity contribution is 9.09. The number of methoxy groups -OCH3 is 1. The van der Waals surface area contributed by atoms with Crippen LogP contribution in [-0.4, -0.2) is 28.2 Å². The second-order valence-corrected chi connectivity index (χ2v) is 2.77. The summed E-state index contributed by atoms with van der Waals surface area (Å²) in [6, 6.07) is 0. The Hall–Kier alpha value is -1.17. The van der Waals surface area contributed by atoms with Gasteiger partial charge in [-0.15, -0.1) is 0 Å². The minimum atomic E-state index is -0.190. The summed E-state index contributed by atoms with van der Waals surface area (Å²) in [5.74, 6) is 0.191. The molecule has 0 aliphatic carbocycles. The minimum Gasteiger partial charge on any atom is -0.479 e. The Balaban J connectivity index is 3.13. The highest BCUT2D eigenvalue weighted by atomic mass is 79.9. The summed E-state index contributed by atoms with van der Waals surface area (Å²) in [5.41, 5.74) is 5.56. The summed E-state index contributed by atoms with van der Waals surface area (Å²) in [6.07, 6.45) is 1.32. The number of ether oxygens (including phenoxy) is 1. The number of hydrogen-bond acceptors (Lipinski definition) is 5. The average Bonchev–Trinajstić information content (AvgIpc) is 2.16. The van der Waals surface area contributed by atoms with Crippen molar-refractivity contribution >= 4 is 27.5 Å². The van der Waals surface area contributed by atoms with Gasteiger partial charge in [-0.3, -0.25) is 4.79 Å². The first-order valence-electron chi connectivity index (χ1n) is 3.44. The molecular weight excluding hydrogens is 238 g/mol. The molecule has 6 heteroatoms. The molecule has 1 aromatic rings. The number of ketones is 1. The molecule has 5 nitrogen and oxygen atoms in total. The van der Waals surface area contributed by atoms with Gasteiger partial charge in [-0.25, -0.2) is 4.98 Å². The fourth-order valence-corrected chi connectivity index (χ4v) is 1.05. The van der Waals surface area contributed by atoms with Gasteiger partial charge in [0.1, 0.15) is 5.82 Å². The molecule has 0 aromatic carbocycles. The number of carbonyl (C=O) groups is 1. The van der Waals surface area contributed by atoms with Crippen LogP contribution in [0.5, 0.6) is 5.88 Å². The molecule has 1 rings (SSSR count). The lowest BCUT2D eigenvalue weighted by Crippen LogP contribution is -2.08. The summed E-state index contributed by atoms with van der Waals surface area (Å²) in [6.45, 7) is 0. The summed E-state index contributed by atoms with van der Waals surface area (Å²) in [4.78, 5) is 18.9. The quantitative estimate of drug-likeness (QED) is 0.625. The van der Waals surface area contributed by atoms with E-state index >= 15 is 0 Å². The molecule has 0 unspecified atom stereocenters. The normalized spacial score (nSPS) is 9.69. The van der Waals surface area contributed by atoms with Gasteiger partial charge in [-0.05, 0) is 0 Å². The molecule has 0 spiro atoms. The number of carbonyl (C=O) groups excluding carboxylic acids is 1. The monoisotopic (exact) mass is 245 g/mol. The molecule has 1 aromatic heterocycles. The van der Waals surface area contributed by atoms with Crippen LogP contribution in [0.1, 0.15) is 10.5 Å². The van der Waals surface area contributed by atoms with E-state index in [1.165, 1.54) is 13.3 Å². The van der Waals surface area contributed by atoms with Crippen LogP contribution >= 0.6 is 15.9 Å². The fourth-order valence-electron chi connectivity index (χ4n) is 0.782. The molecule has 0 fully saturated rings. The number of aromatic nitrogens is 2. The van der Waals surface area contributed by atoms with Gasteiger partial charge in [0.2, 0.25) is 5.88 Å². The first-order valence-corrected chi connectivity index (χ1v) is 4.57. The van der Waals surface area contributed by atoms with Gasteiger partial charge in [0.05, 0.1) is 18.6 Å². The van der Waals surface area contributed by atoms with Gasteiger partial charge < -0.3 is 10.5 Å². The Morgan fingerprint density at radius 3 is 3.00 bits per heavy atom. The number of nitrogen functional groups attached to an aromatic ring is 1. The Kier molecular flexibility index (Phi) is 3.18. The zero-order valence-electron chi connectivity index (χ0n) is 6.95. The lowest BCUT2D eigenvalue weighted by Gasteiger charge is -2.03. The van der Waals surface area contributed by atoms with E-state index in [9.17, 15) is 4.79 Å². The third-order valence-corrected chi connectivity index (χ3v) is 1.85. The van der Waals surface area contributed by atoms with E-state index in [4.69, 9.17) is 10.5 Å². The van der Waals surface area contributed by atoms with Crippen molar-refractivity contribution in [1.29, 1.82) is 0 Å². The number of alkyl halides is 1. The smallest absolute Gasteiger partial charge is 0.245 e. The van der Waals surface area contributed by atoms with E-state index in [2.05, 4.69) is 25.9 Å². The molecule has 1 heterocycles. The first-order chi connectivity index (χ1) is 6.19. The Labute approximate surface area is 83.4 Å². The van der Waals surface area contributed by atoms with E-state index in [0.717, 1.165) is 0 Å². The Bertz CT molecular complexity index is 330. The van der Waals surface area contributed by atoms with Gasteiger partial charge in [-0.1, -0.05) is 15.9 Å². The fraction of sp³-hybridized carbons (Fsp3) is 0.286. The van der Waals surface area contributed by atoms with Gasteiger partial charge in [0.15, 0.2) is 11.5 Å². The average molecular weight is 246 g/mol. The standard InChI is InChI=1S/C7H8BrN3O2/c1-13-7-6(4(12)2-8)10-3-5(9)11-7/h3H,2H2,1H3,(H2,9,11). The van der Waals surface area contributed by atoms with Crippen molar-refractivity contribution in [2.75, 3.05) is 18.2 Å². The summed E-state index contributed by atoms with van der Waals surface area (Å²) < 4.78 is 4.85. The van der Waals surface area contributed by atoms with Crippen LogP contribution < -0.4 is 10.5 Å². The molecule has 0 aliphatic rings. The van der Waals surface area contributed by atoms with Crippen molar-refractivity contribution < 1.29 is 9.53 Å². The highest BCUT2D eigenvalue weighted by Crippen LogP contribution is 2.14. The molecule has 0 bridgehead atoms. The third kappa shape index (κ3) is 2.15. The summed E-state index contributed by atoms with van der Waals surface area (Å²) in [7, 11) is 1.41. The van der Waals surface area contributed by atoms with Crippen LogP contribution in [0.3, 0.4) is 0 Å². The minimum absolute atomic E-state index is 0.157. The Morgan fingerprint density at radius 1 is 1.77 bits per heavy atom. The van der Waals surface area contributed by atoms with Crippen molar-refractivity contribution in [3.63, 3.8) is 0 Å². The van der Waals surface area contributed by atoms with E-state index in [1.807, 2.05) is 0 Å². The van der Waals surface area contributed by atoms with Crippen LogP contribution in [0.2, 0.25) is 0 Å². The second kappa shape index (κ2) is 4.18. The van der Waals surface area contributed by atoms with Gasteiger partial charge in [0, 0.05) is 0 Å². The number of nitrogens with two attached hydrogens (primary N) is 1. The van der Waals surface area contributed by atoms with Crippen molar-refractivity contribution in [3.8, 4) is 5.88 Å². The number of hydrogen-bond donors (Lipinski definition) is 1. The van der Waals surface area contributed by atoms with Crippen molar-refractivity contribution in [2.24, 2.45) is 0 Å². The number of anilines is 1. The molecule has 2 N–H and O–H groups in total. The van der Waals surface area contributed by atoms with E-state index in [-0.39, 0.29) is 28.5 Å². The predicted molar refractivity (Wildman–Crippen MR) is 51.1 cm³/mol. The van der Waals surface area contributed by atoms with Crippen molar-refractivity contribution in [3.05, 3.63) is 11.9 Å². The maximum Gasteiger partial charge on any atom is 0.245 e. The van der Waals surface area contributed by atoms with Crippen LogP contribution in [0.25, 0.3) is 0 Å². The molecular formula is C7H8BrN3O2. The predicted octanol–water partition coefficient (Wildman–Crippen LogP) is 0.645. The molecule has 0 radical (unpaired) electrons. The second-order valence-electron chi connectivity index (χ2n) is 2.21. The van der Waals surface area contributed by atoms with E-state index in [0.29, 0.717) is 0 Å². The largest absolute Gasteiger partial charge is 0.479 e. The molecule has 13 heavy (non-hydrogen) atoms. The van der Waals surface area contributed by atoms with Gasteiger partial charge in [0.25, 0.3) is 0 Å². The topological polar surface area (TPSA) is 78.1 Å². The number of halogens is 1. The lowest BCUT2D eigenvalue weighted by molar-refractivity contribution is 0.101. The number of Topliss-reactive ketones (excluding diaryl/α,β-unsaturated/α-hetero) is 1. The Morgan fingerprint density at radius 2 is 2.46 bits per heavy atom. The SMILES string of the molecule is COc1nc(N)cnc1C(=O)CBr. The zero-order valence-corrected chi connectivity index (χ0v) is 8.54. The van der Waals surface area contributed by atoms with E-state index < -0.39 is 0 Å². The zero-order chi connectivity index (χ0) is 9.84. The third-order valence-electron chi connectivity index (χ3n) is 1.34. The molecule has 0 aliphatic heterocycles. The van der Waals surface area contributed by atoms with Crippen molar-refractivity contribution in [1.82, 2.24) is 9.97 Å². The molecule has 0 amide bonds. The number of nitrogens with zero attached hydrogens (tertiary/aromatic N) is 2. The van der Waals surface area contributed by atoms with Gasteiger partial charge in [-0.2, -0.15) is 4.98 Å². The molecule has 0 saturated carbocycles. The van der Waals surface area contributed by atoms with E-state index in [1.54, 1.807) is 0 Å². The molecule has 0 atom stereocenters. The number of rotatable bonds is 3. The summed E-state index contributed by atoms with van der Waals surface area (Å²) >= 11 is 3.03. The molecule has 0 saturated heterocycles. The maximum absolute atomic E-state index is 11.2. The lowest BCUT2D eigenvalue weighted by atomic mass is 10.3.